The summed E-state index contributed by atoms with van der Waals surface area (Å²) < 4.78 is 73.9. The van der Waals surface area contributed by atoms with Crippen LogP contribution in [-0.2, 0) is 14.8 Å². The van der Waals surface area contributed by atoms with Gasteiger partial charge >= 0.3 is 0 Å². The fourth-order valence-corrected chi connectivity index (χ4v) is 3.81. The van der Waals surface area contributed by atoms with Crippen LogP contribution in [0.1, 0.15) is 12.8 Å². The van der Waals surface area contributed by atoms with Crippen LogP contribution in [0.3, 0.4) is 0 Å². The minimum absolute atomic E-state index is 0.0802. The lowest BCUT2D eigenvalue weighted by molar-refractivity contribution is -0.131. The summed E-state index contributed by atoms with van der Waals surface area (Å²) in [5.41, 5.74) is 11.9. The first-order valence-electron chi connectivity index (χ1n) is 9.17. The summed E-state index contributed by atoms with van der Waals surface area (Å²) in [6.45, 7) is 0.229. The van der Waals surface area contributed by atoms with Crippen molar-refractivity contribution in [3.05, 3.63) is 53.8 Å². The number of carbonyl (C=O) groups is 1. The molecule has 0 bridgehead atoms. The van der Waals surface area contributed by atoms with Gasteiger partial charge in [0.05, 0.1) is 4.90 Å². The molecular weight excluding hydrogens is 455 g/mol. The number of rotatable bonds is 11. The average molecular weight is 477 g/mol. The van der Waals surface area contributed by atoms with E-state index in [1.165, 1.54) is 5.48 Å². The van der Waals surface area contributed by atoms with Crippen LogP contribution in [0.4, 0.5) is 13.2 Å². The smallest absolute Gasteiger partial charge is 0.261 e. The van der Waals surface area contributed by atoms with Gasteiger partial charge in [-0.25, -0.2) is 27.1 Å². The summed E-state index contributed by atoms with van der Waals surface area (Å²) >= 11 is 0. The Labute approximate surface area is 181 Å². The van der Waals surface area contributed by atoms with E-state index < -0.39 is 56.4 Å². The van der Waals surface area contributed by atoms with Gasteiger partial charge in [0, 0.05) is 0 Å². The van der Waals surface area contributed by atoms with Gasteiger partial charge in [0.25, 0.3) is 5.91 Å². The summed E-state index contributed by atoms with van der Waals surface area (Å²) in [5, 5.41) is 11.5. The molecule has 0 unspecified atom stereocenters. The van der Waals surface area contributed by atoms with Crippen LogP contribution in [0.5, 0.6) is 11.5 Å². The lowest BCUT2D eigenvalue weighted by Crippen LogP contribution is -2.47. The average Bonchev–Trinajstić information content (AvgIpc) is 2.73. The lowest BCUT2D eigenvalue weighted by atomic mass is 10.1. The maximum absolute atomic E-state index is 14.4. The Bertz CT molecular complexity index is 1010. The van der Waals surface area contributed by atoms with Crippen LogP contribution in [0.25, 0.3) is 0 Å². The molecule has 1 amide bonds. The zero-order valence-corrected chi connectivity index (χ0v) is 17.3. The number of benzene rings is 2. The van der Waals surface area contributed by atoms with Gasteiger partial charge in [0.2, 0.25) is 10.0 Å². The molecule has 0 saturated heterocycles. The van der Waals surface area contributed by atoms with Crippen LogP contribution in [0.2, 0.25) is 0 Å². The maximum Gasteiger partial charge on any atom is 0.261 e. The van der Waals surface area contributed by atoms with Crippen molar-refractivity contribution < 1.29 is 36.3 Å². The number of amides is 1. The molecule has 0 fully saturated rings. The Hall–Kier alpha value is -2.75. The molecule has 0 aliphatic carbocycles. The SMILES string of the molecule is NC(N)NCCC[C@@H](NS(=O)(=O)c1cc(F)c(Oc2ccc(F)cc2)c(F)c1)C(=O)NO. The summed E-state index contributed by atoms with van der Waals surface area (Å²) in [7, 11) is -4.59. The largest absolute Gasteiger partial charge is 0.451 e. The van der Waals surface area contributed by atoms with E-state index in [-0.39, 0.29) is 25.1 Å². The van der Waals surface area contributed by atoms with Gasteiger partial charge in [0.1, 0.15) is 23.9 Å². The fraction of sp³-hybridized carbons (Fsp3) is 0.278. The highest BCUT2D eigenvalue weighted by molar-refractivity contribution is 7.89. The van der Waals surface area contributed by atoms with E-state index in [9.17, 15) is 26.4 Å². The van der Waals surface area contributed by atoms with Crippen molar-refractivity contribution in [2.45, 2.75) is 30.1 Å². The molecule has 1 atom stereocenters. The van der Waals surface area contributed by atoms with Gasteiger partial charge in [-0.15, -0.1) is 0 Å². The summed E-state index contributed by atoms with van der Waals surface area (Å²) in [5.74, 6) is -5.34. The Balaban J connectivity index is 2.20. The van der Waals surface area contributed by atoms with Crippen molar-refractivity contribution in [2.75, 3.05) is 6.54 Å². The Morgan fingerprint density at radius 3 is 2.22 bits per heavy atom. The molecule has 2 aromatic carbocycles. The van der Waals surface area contributed by atoms with Gasteiger partial charge in [-0.3, -0.25) is 15.3 Å². The van der Waals surface area contributed by atoms with Crippen LogP contribution in [0.15, 0.2) is 41.3 Å². The third-order valence-corrected chi connectivity index (χ3v) is 5.54. The number of sulfonamides is 1. The van der Waals surface area contributed by atoms with Crippen LogP contribution >= 0.6 is 0 Å². The predicted octanol–water partition coefficient (Wildman–Crippen LogP) is 0.619. The zero-order valence-electron chi connectivity index (χ0n) is 16.5. The number of hydrogen-bond donors (Lipinski definition) is 6. The van der Waals surface area contributed by atoms with E-state index in [1.807, 2.05) is 4.72 Å². The third kappa shape index (κ3) is 7.15. The topological polar surface area (TPSA) is 169 Å². The fourth-order valence-electron chi connectivity index (χ4n) is 2.56. The highest BCUT2D eigenvalue weighted by Crippen LogP contribution is 2.30. The van der Waals surface area contributed by atoms with Crippen LogP contribution < -0.4 is 31.7 Å². The highest BCUT2D eigenvalue weighted by atomic mass is 32.2. The first-order chi connectivity index (χ1) is 15.0. The normalized spacial score (nSPS) is 12.6. The van der Waals surface area contributed by atoms with Crippen LogP contribution in [-0.4, -0.2) is 38.4 Å². The number of hydroxylamine groups is 1. The standard InChI is InChI=1S/C18H22F3N5O5S/c19-10-3-5-11(6-4-10)31-16-13(20)8-12(9-14(16)21)32(29,30)26-15(17(27)25-28)2-1-7-24-18(22)23/h3-6,8-9,15,18,24,26,28H,1-2,7,22-23H2,(H,25,27)/t15-/m1/s1. The Kier molecular flexibility index (Phi) is 8.94. The van der Waals surface area contributed by atoms with Crippen molar-refractivity contribution in [1.29, 1.82) is 0 Å². The summed E-state index contributed by atoms with van der Waals surface area (Å²) in [6.07, 6.45) is -0.695. The zero-order chi connectivity index (χ0) is 23.9. The third-order valence-electron chi connectivity index (χ3n) is 4.09. The lowest BCUT2D eigenvalue weighted by Gasteiger charge is -2.18. The highest BCUT2D eigenvalue weighted by Gasteiger charge is 2.27. The van der Waals surface area contributed by atoms with Crippen molar-refractivity contribution >= 4 is 15.9 Å². The Morgan fingerprint density at radius 1 is 1.09 bits per heavy atom. The molecule has 32 heavy (non-hydrogen) atoms. The molecular formula is C18H22F3N5O5S. The summed E-state index contributed by atoms with van der Waals surface area (Å²) in [4.78, 5) is 11.0. The number of nitrogens with one attached hydrogen (secondary N) is 3. The minimum Gasteiger partial charge on any atom is -0.451 e. The molecule has 2 aromatic rings. The Morgan fingerprint density at radius 2 is 1.69 bits per heavy atom. The predicted molar refractivity (Wildman–Crippen MR) is 106 cm³/mol. The van der Waals surface area contributed by atoms with Gasteiger partial charge in [-0.1, -0.05) is 0 Å². The first-order valence-corrected chi connectivity index (χ1v) is 10.6. The van der Waals surface area contributed by atoms with E-state index in [0.717, 1.165) is 24.3 Å². The molecule has 0 radical (unpaired) electrons. The molecule has 0 aliphatic rings. The van der Waals surface area contributed by atoms with Gasteiger partial charge < -0.3 is 16.2 Å². The quantitative estimate of drug-likeness (QED) is 0.118. The summed E-state index contributed by atoms with van der Waals surface area (Å²) in [6, 6.07) is 3.81. The molecule has 14 heteroatoms. The monoisotopic (exact) mass is 477 g/mol. The van der Waals surface area contributed by atoms with E-state index in [1.54, 1.807) is 0 Å². The van der Waals surface area contributed by atoms with Gasteiger partial charge in [0.15, 0.2) is 17.4 Å². The number of ether oxygens (including phenoxy) is 1. The number of halogens is 3. The second-order valence-electron chi connectivity index (χ2n) is 6.54. The van der Waals surface area contributed by atoms with Gasteiger partial charge in [-0.05, 0) is 55.8 Å². The molecule has 2 rings (SSSR count). The molecule has 0 saturated carbocycles. The van der Waals surface area contributed by atoms with Crippen molar-refractivity contribution in [1.82, 2.24) is 15.5 Å². The van der Waals surface area contributed by atoms with E-state index in [2.05, 4.69) is 5.32 Å². The molecule has 10 nitrogen and oxygen atoms in total. The van der Waals surface area contributed by atoms with Crippen LogP contribution in [0, 0.1) is 17.5 Å². The minimum atomic E-state index is -4.59. The van der Waals surface area contributed by atoms with E-state index >= 15 is 0 Å². The molecule has 0 aliphatic heterocycles. The number of carbonyl (C=O) groups excluding carboxylic acids is 1. The van der Waals surface area contributed by atoms with Crippen molar-refractivity contribution in [3.63, 3.8) is 0 Å². The maximum atomic E-state index is 14.4. The molecule has 0 spiro atoms. The first kappa shape index (κ1) is 25.5. The van der Waals surface area contributed by atoms with E-state index in [4.69, 9.17) is 21.4 Å². The van der Waals surface area contributed by atoms with Gasteiger partial charge in [-0.2, -0.15) is 4.72 Å². The number of hydrogen-bond acceptors (Lipinski definition) is 8. The molecule has 176 valence electrons. The molecule has 8 N–H and O–H groups in total. The second-order valence-corrected chi connectivity index (χ2v) is 8.26. The van der Waals surface area contributed by atoms with Crippen molar-refractivity contribution in [3.8, 4) is 11.5 Å². The number of nitrogens with two attached hydrogens (primary N) is 2. The molecule has 0 aromatic heterocycles. The second kappa shape index (κ2) is 11.2. The van der Waals surface area contributed by atoms with Crippen molar-refractivity contribution in [2.24, 2.45) is 11.5 Å². The molecule has 0 heterocycles. The van der Waals surface area contributed by atoms with E-state index in [0.29, 0.717) is 12.1 Å².